The Morgan fingerprint density at radius 2 is 0.864 bits per heavy atom. The summed E-state index contributed by atoms with van der Waals surface area (Å²) in [4.78, 5) is 0. The third-order valence-corrected chi connectivity index (χ3v) is 4.59. The van der Waals surface area contributed by atoms with Crippen molar-refractivity contribution in [1.29, 1.82) is 0 Å². The molecule has 0 aromatic heterocycles. The molecule has 0 unspecified atom stereocenters. The average molecular weight is 475 g/mol. The molecule has 0 N–H and O–H groups in total. The van der Waals surface area contributed by atoms with Crippen LogP contribution in [0, 0.1) is 0 Å². The van der Waals surface area contributed by atoms with E-state index in [0.717, 1.165) is 6.92 Å². The van der Waals surface area contributed by atoms with Crippen LogP contribution in [0.15, 0.2) is 0 Å². The van der Waals surface area contributed by atoms with Crippen molar-refractivity contribution in [2.75, 3.05) is 4.43 Å². The molecule has 0 aromatic carbocycles. The number of hydrogen-bond acceptors (Lipinski definition) is 0. The zero-order valence-electron chi connectivity index (χ0n) is 10.00. The van der Waals surface area contributed by atoms with E-state index >= 15 is 0 Å². The molecule has 0 nitrogen and oxygen atoms in total. The topological polar surface area (TPSA) is 0 Å². The van der Waals surface area contributed by atoms with Crippen LogP contribution in [0.1, 0.15) is 6.92 Å². The number of alkyl halides is 15. The molecule has 136 valence electrons. The van der Waals surface area contributed by atoms with E-state index in [2.05, 4.69) is 0 Å². The Hall–Kier alpha value is -0.180. The van der Waals surface area contributed by atoms with E-state index in [0.29, 0.717) is 0 Å². The summed E-state index contributed by atoms with van der Waals surface area (Å²) in [6.45, 7) is 0.790. The molecule has 22 heavy (non-hydrogen) atoms. The van der Waals surface area contributed by atoms with Crippen LogP contribution in [-0.2, 0) is 0 Å². The van der Waals surface area contributed by atoms with Crippen molar-refractivity contribution in [2.24, 2.45) is 0 Å². The first-order valence-corrected chi connectivity index (χ1v) is 7.47. The predicted molar refractivity (Wildman–Crippen MR) is 41.3 cm³/mol. The molecule has 0 aliphatic heterocycles. The Bertz CT molecular complexity index is 395. The van der Waals surface area contributed by atoms with Crippen LogP contribution in [0.4, 0.5) is 57.1 Å². The standard InChI is InChI=1S/C8H5F13I/c1-2-22-8(20,21)6(15,16)4(11,12)3(9,10)5(13,14)7(17,18)19/h2H2,1H3/q-1. The molecular formula is C8H5F13I-. The van der Waals surface area contributed by atoms with Gasteiger partial charge in [-0.2, -0.15) is 0 Å². The van der Waals surface area contributed by atoms with Crippen molar-refractivity contribution in [3.8, 4) is 0 Å². The van der Waals surface area contributed by atoms with E-state index in [1.54, 1.807) is 0 Å². The zero-order chi connectivity index (χ0) is 18.4. The van der Waals surface area contributed by atoms with Gasteiger partial charge in [0.1, 0.15) is 0 Å². The third kappa shape index (κ3) is 2.95. The third-order valence-electron chi connectivity index (χ3n) is 2.20. The molecule has 0 saturated carbocycles. The molecule has 0 fully saturated rings. The predicted octanol–water partition coefficient (Wildman–Crippen LogP) is 1.79. The van der Waals surface area contributed by atoms with Gasteiger partial charge in [-0.25, -0.2) is 0 Å². The summed E-state index contributed by atoms with van der Waals surface area (Å²) in [5, 5.41) is 0. The van der Waals surface area contributed by atoms with Crippen molar-refractivity contribution in [3.05, 3.63) is 0 Å². The molecule has 0 saturated heterocycles. The first-order valence-electron chi connectivity index (χ1n) is 4.87. The van der Waals surface area contributed by atoms with Gasteiger partial charge in [0.25, 0.3) is 0 Å². The van der Waals surface area contributed by atoms with E-state index in [1.165, 1.54) is 0 Å². The maximum absolute atomic E-state index is 12.9. The van der Waals surface area contributed by atoms with Crippen LogP contribution in [0.3, 0.4) is 0 Å². The second-order valence-corrected chi connectivity index (χ2v) is 7.34. The van der Waals surface area contributed by atoms with E-state index in [1.807, 2.05) is 0 Å². The van der Waals surface area contributed by atoms with Gasteiger partial charge in [-0.1, -0.05) is 0 Å². The van der Waals surface area contributed by atoms with Crippen molar-refractivity contribution in [1.82, 2.24) is 0 Å². The van der Waals surface area contributed by atoms with Crippen LogP contribution in [0.2, 0.25) is 0 Å². The summed E-state index contributed by atoms with van der Waals surface area (Å²) < 4.78 is 156. The fourth-order valence-corrected chi connectivity index (χ4v) is 2.78. The van der Waals surface area contributed by atoms with Gasteiger partial charge in [0.05, 0.1) is 0 Å². The van der Waals surface area contributed by atoms with Crippen molar-refractivity contribution in [2.45, 2.75) is 40.7 Å². The van der Waals surface area contributed by atoms with Crippen LogP contribution in [0.25, 0.3) is 0 Å². The maximum atomic E-state index is 12.9. The van der Waals surface area contributed by atoms with E-state index in [4.69, 9.17) is 0 Å². The summed E-state index contributed by atoms with van der Waals surface area (Å²) >= 11 is -3.21. The van der Waals surface area contributed by atoms with E-state index < -0.39 is 59.4 Å². The Kier molecular flexibility index (Phi) is 5.67. The van der Waals surface area contributed by atoms with Gasteiger partial charge < -0.3 is 0 Å². The average Bonchev–Trinajstić information content (AvgIpc) is 2.26. The Balaban J connectivity index is 6.11. The van der Waals surface area contributed by atoms with Crippen molar-refractivity contribution >= 4 is 0 Å². The van der Waals surface area contributed by atoms with Gasteiger partial charge in [-0.05, 0) is 0 Å². The number of hydrogen-bond donors (Lipinski definition) is 0. The van der Waals surface area contributed by atoms with Crippen molar-refractivity contribution < 1.29 is 78.3 Å². The van der Waals surface area contributed by atoms with Gasteiger partial charge in [0, 0.05) is 0 Å². The van der Waals surface area contributed by atoms with Crippen LogP contribution in [0.5, 0.6) is 0 Å². The summed E-state index contributed by atoms with van der Waals surface area (Å²) in [6, 6.07) is 0. The molecule has 0 atom stereocenters. The van der Waals surface area contributed by atoms with Gasteiger partial charge in [-0.3, -0.25) is 0 Å². The zero-order valence-corrected chi connectivity index (χ0v) is 12.2. The van der Waals surface area contributed by atoms with Gasteiger partial charge in [0.15, 0.2) is 0 Å². The van der Waals surface area contributed by atoms with Crippen LogP contribution < -0.4 is 21.2 Å². The fraction of sp³-hybridized carbons (Fsp3) is 1.00. The fourth-order valence-electron chi connectivity index (χ4n) is 1.00. The molecular weight excluding hydrogens is 470 g/mol. The Morgan fingerprint density at radius 3 is 1.14 bits per heavy atom. The summed E-state index contributed by atoms with van der Waals surface area (Å²) in [7, 11) is 0. The molecule has 0 aromatic rings. The molecule has 0 radical (unpaired) electrons. The van der Waals surface area contributed by atoms with Gasteiger partial charge in [0.2, 0.25) is 0 Å². The number of rotatable bonds is 6. The van der Waals surface area contributed by atoms with E-state index in [9.17, 15) is 57.1 Å². The van der Waals surface area contributed by atoms with E-state index in [-0.39, 0.29) is 0 Å². The molecule has 0 aliphatic rings. The molecule has 0 spiro atoms. The molecule has 0 rings (SSSR count). The molecule has 0 heterocycles. The SMILES string of the molecule is CC[I-]C(F)(F)C(F)(F)C(F)(F)C(F)(F)C(F)(F)C(F)(F)F. The molecule has 14 heteroatoms. The molecule has 0 bridgehead atoms. The van der Waals surface area contributed by atoms with Gasteiger partial charge >= 0.3 is 123 Å². The van der Waals surface area contributed by atoms with Crippen molar-refractivity contribution in [3.63, 3.8) is 0 Å². The summed E-state index contributed by atoms with van der Waals surface area (Å²) in [6.07, 6.45) is -7.36. The quantitative estimate of drug-likeness (QED) is 0.313. The molecule has 0 aliphatic carbocycles. The Labute approximate surface area is 124 Å². The van der Waals surface area contributed by atoms with Gasteiger partial charge in [-0.15, -0.1) is 0 Å². The minimum absolute atomic E-state index is 0.790. The normalized spacial score (nSPS) is 16.3. The Morgan fingerprint density at radius 1 is 0.545 bits per heavy atom. The van der Waals surface area contributed by atoms with Crippen LogP contribution in [-0.4, -0.2) is 38.2 Å². The monoisotopic (exact) mass is 475 g/mol. The second kappa shape index (κ2) is 5.72. The summed E-state index contributed by atoms with van der Waals surface area (Å²) in [5.74, 6) is -30.2. The number of halogens is 14. The first-order chi connectivity index (χ1) is 9.31. The van der Waals surface area contributed by atoms with Crippen LogP contribution >= 0.6 is 0 Å². The summed E-state index contributed by atoms with van der Waals surface area (Å²) in [5.41, 5.74) is 0. The second-order valence-electron chi connectivity index (χ2n) is 3.69. The minimum atomic E-state index is -7.79. The molecule has 0 amide bonds. The first kappa shape index (κ1) is 21.8.